The molecule has 0 saturated heterocycles. The predicted molar refractivity (Wildman–Crippen MR) is 81.7 cm³/mol. The van der Waals surface area contributed by atoms with Crippen LogP contribution in [0.2, 0.25) is 15.1 Å². The van der Waals surface area contributed by atoms with Crippen molar-refractivity contribution in [1.29, 1.82) is 0 Å². The van der Waals surface area contributed by atoms with Crippen molar-refractivity contribution in [2.24, 2.45) is 4.99 Å². The molecule has 0 heterocycles. The van der Waals surface area contributed by atoms with E-state index in [0.29, 0.717) is 20.8 Å². The number of rotatable bonds is 3. The van der Waals surface area contributed by atoms with Crippen molar-refractivity contribution in [2.45, 2.75) is 0 Å². The molecular weight excluding hydrogens is 305 g/mol. The van der Waals surface area contributed by atoms with Crippen LogP contribution in [0.25, 0.3) is 0 Å². The highest BCUT2D eigenvalue weighted by molar-refractivity contribution is 6.36. The molecule has 19 heavy (non-hydrogen) atoms. The molecule has 2 nitrogen and oxygen atoms in total. The van der Waals surface area contributed by atoms with Crippen molar-refractivity contribution in [1.82, 2.24) is 0 Å². The molecule has 2 rings (SSSR count). The minimum Gasteiger partial charge on any atom is -0.495 e. The van der Waals surface area contributed by atoms with Crippen molar-refractivity contribution in [3.05, 3.63) is 57.0 Å². The standard InChI is InChI=1S/C14H10Cl3NO/c1-19-14-9(6-11(16)7-13(14)17)8-18-12-4-2-10(15)3-5-12/h2-8H,1H3. The highest BCUT2D eigenvalue weighted by atomic mass is 35.5. The van der Waals surface area contributed by atoms with E-state index in [9.17, 15) is 0 Å². The van der Waals surface area contributed by atoms with Gasteiger partial charge in [-0.1, -0.05) is 34.8 Å². The second kappa shape index (κ2) is 6.29. The molecule has 0 saturated carbocycles. The lowest BCUT2D eigenvalue weighted by Crippen LogP contribution is -1.92. The smallest absolute Gasteiger partial charge is 0.146 e. The molecule has 0 spiro atoms. The Morgan fingerprint density at radius 1 is 1.00 bits per heavy atom. The lowest BCUT2D eigenvalue weighted by Gasteiger charge is -2.07. The summed E-state index contributed by atoms with van der Waals surface area (Å²) in [7, 11) is 1.55. The van der Waals surface area contributed by atoms with Crippen LogP contribution in [0.3, 0.4) is 0 Å². The molecule has 0 unspecified atom stereocenters. The molecule has 0 aromatic heterocycles. The number of hydrogen-bond acceptors (Lipinski definition) is 2. The summed E-state index contributed by atoms with van der Waals surface area (Å²) in [6, 6.07) is 10.6. The van der Waals surface area contributed by atoms with Gasteiger partial charge in [0.1, 0.15) is 5.75 Å². The number of ether oxygens (including phenoxy) is 1. The van der Waals surface area contributed by atoms with Gasteiger partial charge in [0.05, 0.1) is 17.8 Å². The zero-order chi connectivity index (χ0) is 13.8. The van der Waals surface area contributed by atoms with Gasteiger partial charge >= 0.3 is 0 Å². The van der Waals surface area contributed by atoms with Crippen molar-refractivity contribution in [2.75, 3.05) is 7.11 Å². The van der Waals surface area contributed by atoms with E-state index in [1.54, 1.807) is 37.6 Å². The molecule has 0 N–H and O–H groups in total. The van der Waals surface area contributed by atoms with E-state index < -0.39 is 0 Å². The second-order valence-electron chi connectivity index (χ2n) is 3.74. The van der Waals surface area contributed by atoms with Gasteiger partial charge in [0.25, 0.3) is 0 Å². The van der Waals surface area contributed by atoms with Gasteiger partial charge in [-0.2, -0.15) is 0 Å². The quantitative estimate of drug-likeness (QED) is 0.694. The molecule has 0 atom stereocenters. The molecule has 0 fully saturated rings. The summed E-state index contributed by atoms with van der Waals surface area (Å²) in [5, 5.41) is 1.65. The molecule has 0 aliphatic heterocycles. The van der Waals surface area contributed by atoms with Gasteiger partial charge in [-0.05, 0) is 36.4 Å². The number of methoxy groups -OCH3 is 1. The SMILES string of the molecule is COc1c(Cl)cc(Cl)cc1C=Nc1ccc(Cl)cc1. The molecular formula is C14H10Cl3NO. The Balaban J connectivity index is 2.34. The van der Waals surface area contributed by atoms with Crippen molar-refractivity contribution in [3.63, 3.8) is 0 Å². The Hall–Kier alpha value is -1.22. The Bertz CT molecular complexity index is 609. The Morgan fingerprint density at radius 2 is 1.68 bits per heavy atom. The van der Waals surface area contributed by atoms with E-state index in [0.717, 1.165) is 11.3 Å². The molecule has 0 bridgehead atoms. The lowest BCUT2D eigenvalue weighted by molar-refractivity contribution is 0.414. The maximum absolute atomic E-state index is 6.05. The molecule has 0 radical (unpaired) electrons. The average molecular weight is 315 g/mol. The Kier molecular flexibility index (Phi) is 4.70. The average Bonchev–Trinajstić information content (AvgIpc) is 2.37. The number of aliphatic imine (C=N–C) groups is 1. The number of halogens is 3. The minimum atomic E-state index is 0.451. The van der Waals surface area contributed by atoms with Gasteiger partial charge in [-0.3, -0.25) is 4.99 Å². The van der Waals surface area contributed by atoms with Crippen LogP contribution < -0.4 is 4.74 Å². The summed E-state index contributed by atoms with van der Waals surface area (Å²) in [6.45, 7) is 0. The molecule has 0 aliphatic carbocycles. The third kappa shape index (κ3) is 3.63. The van der Waals surface area contributed by atoms with Crippen LogP contribution in [-0.4, -0.2) is 13.3 Å². The fraction of sp³-hybridized carbons (Fsp3) is 0.0714. The molecule has 98 valence electrons. The number of benzene rings is 2. The summed E-state index contributed by atoms with van der Waals surface area (Å²) < 4.78 is 5.24. The Labute approximate surface area is 126 Å². The molecule has 2 aromatic rings. The van der Waals surface area contributed by atoms with Gasteiger partial charge in [0.15, 0.2) is 0 Å². The maximum atomic E-state index is 6.05. The first kappa shape index (κ1) is 14.2. The number of hydrogen-bond donors (Lipinski definition) is 0. The van der Waals surface area contributed by atoms with Crippen LogP contribution in [0, 0.1) is 0 Å². The third-order valence-electron chi connectivity index (χ3n) is 2.42. The Morgan fingerprint density at radius 3 is 2.32 bits per heavy atom. The highest BCUT2D eigenvalue weighted by Crippen LogP contribution is 2.31. The van der Waals surface area contributed by atoms with Crippen molar-refractivity contribution < 1.29 is 4.74 Å². The monoisotopic (exact) mass is 313 g/mol. The summed E-state index contributed by atoms with van der Waals surface area (Å²) in [5.74, 6) is 0.545. The topological polar surface area (TPSA) is 21.6 Å². The van der Waals surface area contributed by atoms with Crippen molar-refractivity contribution >= 4 is 46.7 Å². The zero-order valence-electron chi connectivity index (χ0n) is 10.0. The van der Waals surface area contributed by atoms with E-state index in [2.05, 4.69) is 4.99 Å². The fourth-order valence-corrected chi connectivity index (χ4v) is 2.28. The minimum absolute atomic E-state index is 0.451. The third-order valence-corrected chi connectivity index (χ3v) is 3.17. The van der Waals surface area contributed by atoms with Gasteiger partial charge in [-0.15, -0.1) is 0 Å². The van der Waals surface area contributed by atoms with Crippen LogP contribution in [-0.2, 0) is 0 Å². The fourth-order valence-electron chi connectivity index (χ4n) is 1.56. The van der Waals surface area contributed by atoms with Gasteiger partial charge < -0.3 is 4.74 Å². The van der Waals surface area contributed by atoms with Crippen LogP contribution in [0.15, 0.2) is 41.4 Å². The van der Waals surface area contributed by atoms with Crippen LogP contribution in [0.5, 0.6) is 5.75 Å². The largest absolute Gasteiger partial charge is 0.495 e. The summed E-state index contributed by atoms with van der Waals surface area (Å²) in [5.41, 5.74) is 1.50. The second-order valence-corrected chi connectivity index (χ2v) is 5.02. The van der Waals surface area contributed by atoms with Crippen LogP contribution in [0.1, 0.15) is 5.56 Å². The molecule has 2 aromatic carbocycles. The van der Waals surface area contributed by atoms with E-state index in [4.69, 9.17) is 39.5 Å². The predicted octanol–water partition coefficient (Wildman–Crippen LogP) is 5.41. The van der Waals surface area contributed by atoms with Gasteiger partial charge in [-0.25, -0.2) is 0 Å². The van der Waals surface area contributed by atoms with Gasteiger partial charge in [0, 0.05) is 21.8 Å². The van der Waals surface area contributed by atoms with Crippen LogP contribution in [0.4, 0.5) is 5.69 Å². The first-order valence-electron chi connectivity index (χ1n) is 5.43. The normalized spacial score (nSPS) is 10.9. The highest BCUT2D eigenvalue weighted by Gasteiger charge is 2.07. The van der Waals surface area contributed by atoms with E-state index in [1.807, 2.05) is 12.1 Å². The maximum Gasteiger partial charge on any atom is 0.146 e. The summed E-state index contributed by atoms with van der Waals surface area (Å²) in [4.78, 5) is 4.33. The van der Waals surface area contributed by atoms with Crippen molar-refractivity contribution in [3.8, 4) is 5.75 Å². The lowest BCUT2D eigenvalue weighted by atomic mass is 10.2. The molecule has 5 heteroatoms. The summed E-state index contributed by atoms with van der Waals surface area (Å²) in [6.07, 6.45) is 1.65. The molecule has 0 aliphatic rings. The zero-order valence-corrected chi connectivity index (χ0v) is 12.3. The van der Waals surface area contributed by atoms with Crippen LogP contribution >= 0.6 is 34.8 Å². The first-order valence-corrected chi connectivity index (χ1v) is 6.56. The van der Waals surface area contributed by atoms with Gasteiger partial charge in [0.2, 0.25) is 0 Å². The van der Waals surface area contributed by atoms with E-state index >= 15 is 0 Å². The molecule has 0 amide bonds. The van der Waals surface area contributed by atoms with E-state index in [-0.39, 0.29) is 0 Å². The first-order chi connectivity index (χ1) is 9.10. The van der Waals surface area contributed by atoms with E-state index in [1.165, 1.54) is 0 Å². The summed E-state index contributed by atoms with van der Waals surface area (Å²) >= 11 is 17.8. The number of nitrogens with zero attached hydrogens (tertiary/aromatic N) is 1.